The molecule has 0 saturated heterocycles. The number of aromatic nitrogens is 2. The third-order valence-electron chi connectivity index (χ3n) is 6.05. The zero-order chi connectivity index (χ0) is 25.7. The molecule has 4 rings (SSSR count). The summed E-state index contributed by atoms with van der Waals surface area (Å²) in [6, 6.07) is 11.0. The Kier molecular flexibility index (Phi) is 7.90. The molecule has 1 aliphatic heterocycles. The van der Waals surface area contributed by atoms with E-state index in [0.29, 0.717) is 53.2 Å². The summed E-state index contributed by atoms with van der Waals surface area (Å²) in [7, 11) is 1.58. The van der Waals surface area contributed by atoms with Crippen LogP contribution in [0.4, 0.5) is 23.1 Å². The van der Waals surface area contributed by atoms with Gasteiger partial charge in [-0.3, -0.25) is 9.59 Å². The predicted octanol–water partition coefficient (Wildman–Crippen LogP) is 4.32. The van der Waals surface area contributed by atoms with Crippen molar-refractivity contribution in [2.45, 2.75) is 26.7 Å². The van der Waals surface area contributed by atoms with Crippen LogP contribution in [0, 0.1) is 0 Å². The van der Waals surface area contributed by atoms with E-state index in [1.807, 2.05) is 36.9 Å². The normalized spacial score (nSPS) is 13.0. The second-order valence-corrected chi connectivity index (χ2v) is 8.63. The maximum atomic E-state index is 12.8. The minimum Gasteiger partial charge on any atom is -0.495 e. The zero-order valence-electron chi connectivity index (χ0n) is 20.5. The maximum absolute atomic E-state index is 12.8. The van der Waals surface area contributed by atoms with E-state index in [1.54, 1.807) is 25.3 Å². The standard InChI is InChI=1S/C26H29ClN6O3/c1-4-28-25(35)17-8-6-7-9-20(17)30-24-19(27)15-29-26(32-24)31-23-18-14-22(34)33(5-2)13-12-16(18)10-11-21(23)36-3/h6-11,15H,4-5,12-14H2,1-3H3,(H,28,35)(H2,29,30,31,32). The van der Waals surface area contributed by atoms with Gasteiger partial charge < -0.3 is 25.6 Å². The summed E-state index contributed by atoms with van der Waals surface area (Å²) < 4.78 is 5.60. The number of ether oxygens (including phenoxy) is 1. The lowest BCUT2D eigenvalue weighted by Gasteiger charge is -2.18. The number of hydrogen-bond acceptors (Lipinski definition) is 7. The largest absolute Gasteiger partial charge is 0.495 e. The molecule has 0 fully saturated rings. The van der Waals surface area contributed by atoms with Crippen molar-refractivity contribution in [3.63, 3.8) is 0 Å². The van der Waals surface area contributed by atoms with Gasteiger partial charge >= 0.3 is 0 Å². The monoisotopic (exact) mass is 508 g/mol. The average Bonchev–Trinajstić information content (AvgIpc) is 3.04. The number of carbonyl (C=O) groups is 2. The molecule has 0 aliphatic carbocycles. The average molecular weight is 509 g/mol. The molecule has 9 nitrogen and oxygen atoms in total. The lowest BCUT2D eigenvalue weighted by atomic mass is 10.00. The number of methoxy groups -OCH3 is 1. The van der Waals surface area contributed by atoms with Crippen LogP contribution >= 0.6 is 11.6 Å². The fraction of sp³-hybridized carbons (Fsp3) is 0.308. The van der Waals surface area contributed by atoms with Gasteiger partial charge in [-0.25, -0.2) is 4.98 Å². The predicted molar refractivity (Wildman–Crippen MR) is 141 cm³/mol. The number of para-hydroxylation sites is 1. The number of nitrogens with one attached hydrogen (secondary N) is 3. The molecule has 0 radical (unpaired) electrons. The fourth-order valence-corrected chi connectivity index (χ4v) is 4.33. The van der Waals surface area contributed by atoms with Gasteiger partial charge in [-0.15, -0.1) is 0 Å². The van der Waals surface area contributed by atoms with Crippen molar-refractivity contribution in [2.75, 3.05) is 37.4 Å². The first-order valence-electron chi connectivity index (χ1n) is 11.8. The molecule has 0 saturated carbocycles. The van der Waals surface area contributed by atoms with Crippen LogP contribution in [0.15, 0.2) is 42.6 Å². The van der Waals surface area contributed by atoms with Crippen LogP contribution in [0.2, 0.25) is 5.02 Å². The van der Waals surface area contributed by atoms with Gasteiger partial charge in [-0.05, 0) is 49.6 Å². The lowest BCUT2D eigenvalue weighted by molar-refractivity contribution is -0.129. The number of carbonyl (C=O) groups excluding carboxylic acids is 2. The minimum absolute atomic E-state index is 0.0638. The molecule has 2 amide bonds. The van der Waals surface area contributed by atoms with E-state index in [-0.39, 0.29) is 24.2 Å². The van der Waals surface area contributed by atoms with Crippen LogP contribution in [0.1, 0.15) is 35.3 Å². The zero-order valence-corrected chi connectivity index (χ0v) is 21.3. The van der Waals surface area contributed by atoms with Gasteiger partial charge in [-0.2, -0.15) is 4.98 Å². The summed E-state index contributed by atoms with van der Waals surface area (Å²) in [5.74, 6) is 1.05. The molecule has 3 aromatic rings. The molecule has 10 heteroatoms. The first-order valence-corrected chi connectivity index (χ1v) is 12.2. The number of amides is 2. The third-order valence-corrected chi connectivity index (χ3v) is 6.32. The number of fused-ring (bicyclic) bond motifs is 1. The number of halogens is 1. The van der Waals surface area contributed by atoms with E-state index < -0.39 is 0 Å². The first-order chi connectivity index (χ1) is 17.4. The topological polar surface area (TPSA) is 108 Å². The number of rotatable bonds is 8. The highest BCUT2D eigenvalue weighted by Gasteiger charge is 2.24. The molecular formula is C26H29ClN6O3. The number of nitrogens with zero attached hydrogens (tertiary/aromatic N) is 3. The van der Waals surface area contributed by atoms with Crippen molar-refractivity contribution >= 4 is 46.6 Å². The number of hydrogen-bond donors (Lipinski definition) is 3. The van der Waals surface area contributed by atoms with Crippen LogP contribution in [0.25, 0.3) is 0 Å². The molecule has 36 heavy (non-hydrogen) atoms. The molecule has 2 aromatic carbocycles. The van der Waals surface area contributed by atoms with Gasteiger partial charge in [0, 0.05) is 19.6 Å². The maximum Gasteiger partial charge on any atom is 0.253 e. The molecule has 0 spiro atoms. The summed E-state index contributed by atoms with van der Waals surface area (Å²) in [6.07, 6.45) is 2.48. The Balaban J connectivity index is 1.67. The molecule has 2 heterocycles. The molecule has 1 aliphatic rings. The summed E-state index contributed by atoms with van der Waals surface area (Å²) in [4.78, 5) is 36.0. The SMILES string of the molecule is CCNC(=O)c1ccccc1Nc1nc(Nc2c(OC)ccc3c2CC(=O)N(CC)CC3)ncc1Cl. The second-order valence-electron chi connectivity index (χ2n) is 8.23. The first kappa shape index (κ1) is 25.2. The number of anilines is 4. The van der Waals surface area contributed by atoms with Gasteiger partial charge in [0.25, 0.3) is 5.91 Å². The van der Waals surface area contributed by atoms with Gasteiger partial charge in [0.2, 0.25) is 11.9 Å². The van der Waals surface area contributed by atoms with Crippen molar-refractivity contribution in [2.24, 2.45) is 0 Å². The van der Waals surface area contributed by atoms with E-state index >= 15 is 0 Å². The molecule has 1 aromatic heterocycles. The van der Waals surface area contributed by atoms with Crippen LogP contribution < -0.4 is 20.7 Å². The van der Waals surface area contributed by atoms with Crippen molar-refractivity contribution in [1.82, 2.24) is 20.2 Å². The highest BCUT2D eigenvalue weighted by Crippen LogP contribution is 2.36. The quantitative estimate of drug-likeness (QED) is 0.415. The highest BCUT2D eigenvalue weighted by molar-refractivity contribution is 6.33. The van der Waals surface area contributed by atoms with E-state index in [2.05, 4.69) is 25.9 Å². The molecule has 0 bridgehead atoms. The van der Waals surface area contributed by atoms with Crippen LogP contribution in [-0.2, 0) is 17.6 Å². The highest BCUT2D eigenvalue weighted by atomic mass is 35.5. The third kappa shape index (κ3) is 5.36. The van der Waals surface area contributed by atoms with Gasteiger partial charge in [0.15, 0.2) is 5.82 Å². The Morgan fingerprint density at radius 1 is 1.17 bits per heavy atom. The van der Waals surface area contributed by atoms with E-state index in [0.717, 1.165) is 17.5 Å². The minimum atomic E-state index is -0.202. The van der Waals surface area contributed by atoms with Crippen LogP contribution in [-0.4, -0.2) is 53.4 Å². The number of benzene rings is 2. The van der Waals surface area contributed by atoms with Gasteiger partial charge in [0.1, 0.15) is 10.8 Å². The summed E-state index contributed by atoms with van der Waals surface area (Å²) in [5.41, 5.74) is 3.62. The van der Waals surface area contributed by atoms with Crippen molar-refractivity contribution in [3.8, 4) is 5.75 Å². The van der Waals surface area contributed by atoms with Crippen molar-refractivity contribution in [3.05, 3.63) is 64.3 Å². The van der Waals surface area contributed by atoms with Crippen molar-refractivity contribution < 1.29 is 14.3 Å². The van der Waals surface area contributed by atoms with Gasteiger partial charge in [-0.1, -0.05) is 29.8 Å². The Bertz CT molecular complexity index is 1280. The Hall–Kier alpha value is -3.85. The molecular weight excluding hydrogens is 480 g/mol. The van der Waals surface area contributed by atoms with Gasteiger partial charge in [0.05, 0.1) is 36.7 Å². The molecule has 0 atom stereocenters. The summed E-state index contributed by atoms with van der Waals surface area (Å²) in [5, 5.41) is 9.49. The Morgan fingerprint density at radius 3 is 2.72 bits per heavy atom. The summed E-state index contributed by atoms with van der Waals surface area (Å²) in [6.45, 7) is 5.69. The van der Waals surface area contributed by atoms with E-state index in [1.165, 1.54) is 6.20 Å². The molecule has 0 unspecified atom stereocenters. The summed E-state index contributed by atoms with van der Waals surface area (Å²) >= 11 is 6.40. The van der Waals surface area contributed by atoms with Crippen molar-refractivity contribution in [1.29, 1.82) is 0 Å². The Morgan fingerprint density at radius 2 is 1.97 bits per heavy atom. The molecule has 188 valence electrons. The fourth-order valence-electron chi connectivity index (χ4n) is 4.19. The van der Waals surface area contributed by atoms with E-state index in [9.17, 15) is 9.59 Å². The Labute approximate surface area is 215 Å². The lowest BCUT2D eigenvalue weighted by Crippen LogP contribution is -2.31. The smallest absolute Gasteiger partial charge is 0.253 e. The second kappa shape index (κ2) is 11.3. The van der Waals surface area contributed by atoms with Crippen LogP contribution in [0.3, 0.4) is 0 Å². The number of likely N-dealkylation sites (N-methyl/N-ethyl adjacent to an activating group) is 1. The molecule has 3 N–H and O–H groups in total. The van der Waals surface area contributed by atoms with E-state index in [4.69, 9.17) is 16.3 Å². The van der Waals surface area contributed by atoms with Crippen LogP contribution in [0.5, 0.6) is 5.75 Å².